The number of nitrogens with zero attached hydrogens (tertiary/aromatic N) is 6. The Morgan fingerprint density at radius 1 is 0.962 bits per heavy atom. The van der Waals surface area contributed by atoms with E-state index < -0.39 is 0 Å². The Kier molecular flexibility index (Phi) is 4.84. The van der Waals surface area contributed by atoms with Crippen LogP contribution in [0.25, 0.3) is 0 Å². The quantitative estimate of drug-likeness (QED) is 0.736. The number of phenolic OH excluding ortho intramolecular Hbond substituents is 1. The van der Waals surface area contributed by atoms with Gasteiger partial charge in [-0.1, -0.05) is 11.3 Å². The maximum Gasteiger partial charge on any atom is 0.136 e. The number of aromatic hydroxyl groups is 1. The van der Waals surface area contributed by atoms with Crippen molar-refractivity contribution in [2.24, 2.45) is 0 Å². The van der Waals surface area contributed by atoms with E-state index in [0.29, 0.717) is 5.75 Å². The predicted octanol–water partition coefficient (Wildman–Crippen LogP) is 2.73. The van der Waals surface area contributed by atoms with Crippen molar-refractivity contribution in [2.45, 2.75) is 33.5 Å². The summed E-state index contributed by atoms with van der Waals surface area (Å²) in [7, 11) is 0. The predicted molar refractivity (Wildman–Crippen MR) is 103 cm³/mol. The molecule has 0 unspecified atom stereocenters. The first-order valence-corrected chi connectivity index (χ1v) is 10.1. The van der Waals surface area contributed by atoms with Crippen molar-refractivity contribution >= 4 is 28.4 Å². The molecule has 2 aromatic heterocycles. The summed E-state index contributed by atoms with van der Waals surface area (Å²) >= 11 is 3.26. The van der Waals surface area contributed by atoms with Crippen molar-refractivity contribution in [2.75, 3.05) is 18.0 Å². The van der Waals surface area contributed by atoms with Crippen LogP contribution in [-0.2, 0) is 19.6 Å². The van der Waals surface area contributed by atoms with Crippen LogP contribution in [-0.4, -0.2) is 43.5 Å². The molecule has 1 aliphatic rings. The van der Waals surface area contributed by atoms with Crippen molar-refractivity contribution in [3.05, 3.63) is 43.8 Å². The molecular weight excluding hydrogens is 368 g/mol. The molecule has 0 radical (unpaired) electrons. The number of aryl methyl sites for hydroxylation is 2. The standard InChI is InChI=1S/C17H20N6OS2/c1-11-18-20-16(25-11)9-22-5-6-23(10-17-21-19-12(2)26-17)15-4-3-14(24)7-13(15)8-22/h3-4,7,24H,5-6,8-10H2,1-2H3. The topological polar surface area (TPSA) is 78.3 Å². The molecule has 4 rings (SSSR count). The Morgan fingerprint density at radius 3 is 2.31 bits per heavy atom. The zero-order chi connectivity index (χ0) is 18.1. The number of aromatic nitrogens is 4. The van der Waals surface area contributed by atoms with Gasteiger partial charge in [-0.25, -0.2) is 0 Å². The fourth-order valence-corrected chi connectivity index (χ4v) is 4.64. The van der Waals surface area contributed by atoms with Crippen LogP contribution in [0.5, 0.6) is 5.75 Å². The van der Waals surface area contributed by atoms with E-state index in [1.54, 1.807) is 28.7 Å². The second kappa shape index (κ2) is 7.26. The Labute approximate surface area is 160 Å². The SMILES string of the molecule is Cc1nnc(CN2CCN(Cc3nnc(C)s3)c3ccc(O)cc3C2)s1. The van der Waals surface area contributed by atoms with E-state index in [2.05, 4.69) is 30.2 Å². The molecule has 0 bridgehead atoms. The van der Waals surface area contributed by atoms with Gasteiger partial charge in [0.1, 0.15) is 25.8 Å². The third-order valence-corrected chi connectivity index (χ3v) is 5.95. The Morgan fingerprint density at radius 2 is 1.65 bits per heavy atom. The molecule has 3 aromatic rings. The summed E-state index contributed by atoms with van der Waals surface area (Å²) in [5.41, 5.74) is 2.26. The van der Waals surface area contributed by atoms with E-state index in [4.69, 9.17) is 0 Å². The number of hydrogen-bond donors (Lipinski definition) is 1. The number of hydrogen-bond acceptors (Lipinski definition) is 9. The van der Waals surface area contributed by atoms with Gasteiger partial charge in [0.15, 0.2) is 0 Å². The van der Waals surface area contributed by atoms with E-state index in [1.807, 2.05) is 26.0 Å². The average Bonchev–Trinajstić information content (AvgIpc) is 3.15. The van der Waals surface area contributed by atoms with Gasteiger partial charge in [-0.05, 0) is 37.6 Å². The highest BCUT2D eigenvalue weighted by Gasteiger charge is 2.22. The molecule has 1 N–H and O–H groups in total. The molecule has 3 heterocycles. The van der Waals surface area contributed by atoms with Crippen LogP contribution in [0.2, 0.25) is 0 Å². The number of anilines is 1. The highest BCUT2D eigenvalue weighted by molar-refractivity contribution is 7.11. The van der Waals surface area contributed by atoms with E-state index in [-0.39, 0.29) is 0 Å². The minimum atomic E-state index is 0.295. The lowest BCUT2D eigenvalue weighted by Crippen LogP contribution is -2.31. The summed E-state index contributed by atoms with van der Waals surface area (Å²) < 4.78 is 0. The zero-order valence-electron chi connectivity index (χ0n) is 14.7. The van der Waals surface area contributed by atoms with Gasteiger partial charge in [-0.2, -0.15) is 0 Å². The summed E-state index contributed by atoms with van der Waals surface area (Å²) in [4.78, 5) is 4.67. The molecule has 9 heteroatoms. The number of rotatable bonds is 4. The molecule has 1 aromatic carbocycles. The molecule has 0 fully saturated rings. The highest BCUT2D eigenvalue weighted by atomic mass is 32.1. The monoisotopic (exact) mass is 388 g/mol. The lowest BCUT2D eigenvalue weighted by Gasteiger charge is -2.23. The summed E-state index contributed by atoms with van der Waals surface area (Å²) in [5.74, 6) is 0.295. The number of benzene rings is 1. The molecular formula is C17H20N6OS2. The molecule has 0 amide bonds. The normalized spacial score (nSPS) is 15.1. The average molecular weight is 389 g/mol. The van der Waals surface area contributed by atoms with Crippen molar-refractivity contribution in [3.8, 4) is 5.75 Å². The van der Waals surface area contributed by atoms with Crippen molar-refractivity contribution in [3.63, 3.8) is 0 Å². The molecule has 7 nitrogen and oxygen atoms in total. The van der Waals surface area contributed by atoms with Gasteiger partial charge in [0, 0.05) is 25.3 Å². The maximum atomic E-state index is 9.96. The minimum Gasteiger partial charge on any atom is -0.508 e. The van der Waals surface area contributed by atoms with Crippen molar-refractivity contribution in [1.82, 2.24) is 25.3 Å². The summed E-state index contributed by atoms with van der Waals surface area (Å²) in [5, 5.41) is 30.7. The molecule has 26 heavy (non-hydrogen) atoms. The maximum absolute atomic E-state index is 9.96. The van der Waals surface area contributed by atoms with E-state index >= 15 is 0 Å². The first-order chi connectivity index (χ1) is 12.6. The van der Waals surface area contributed by atoms with Gasteiger partial charge in [-0.3, -0.25) is 4.90 Å². The van der Waals surface area contributed by atoms with Crippen LogP contribution in [0.4, 0.5) is 5.69 Å². The van der Waals surface area contributed by atoms with Crippen LogP contribution in [0, 0.1) is 13.8 Å². The molecule has 0 spiro atoms. The largest absolute Gasteiger partial charge is 0.508 e. The van der Waals surface area contributed by atoms with Gasteiger partial charge < -0.3 is 10.0 Å². The lowest BCUT2D eigenvalue weighted by molar-refractivity contribution is 0.267. The molecule has 1 aliphatic heterocycles. The first-order valence-electron chi connectivity index (χ1n) is 8.44. The van der Waals surface area contributed by atoms with Gasteiger partial charge in [-0.15, -0.1) is 31.7 Å². The van der Waals surface area contributed by atoms with E-state index in [9.17, 15) is 5.11 Å². The van der Waals surface area contributed by atoms with Gasteiger partial charge in [0.2, 0.25) is 0 Å². The smallest absolute Gasteiger partial charge is 0.136 e. The molecule has 0 saturated carbocycles. The first kappa shape index (κ1) is 17.3. The Balaban J connectivity index is 1.58. The third-order valence-electron chi connectivity index (χ3n) is 4.30. The zero-order valence-corrected chi connectivity index (χ0v) is 16.3. The van der Waals surface area contributed by atoms with Gasteiger partial charge in [0.05, 0.1) is 13.1 Å². The lowest BCUT2D eigenvalue weighted by atomic mass is 10.1. The Hall–Kier alpha value is -2.10. The van der Waals surface area contributed by atoms with Crippen molar-refractivity contribution in [1.29, 1.82) is 0 Å². The Bertz CT molecular complexity index is 908. The summed E-state index contributed by atoms with van der Waals surface area (Å²) in [6.07, 6.45) is 0. The highest BCUT2D eigenvalue weighted by Crippen LogP contribution is 2.30. The van der Waals surface area contributed by atoms with E-state index in [0.717, 1.165) is 64.0 Å². The number of phenols is 1. The second-order valence-electron chi connectivity index (χ2n) is 6.37. The molecule has 0 saturated heterocycles. The molecule has 0 aliphatic carbocycles. The minimum absolute atomic E-state index is 0.295. The van der Waals surface area contributed by atoms with Crippen LogP contribution >= 0.6 is 22.7 Å². The fourth-order valence-electron chi connectivity index (χ4n) is 3.17. The summed E-state index contributed by atoms with van der Waals surface area (Å²) in [6.45, 7) is 8.01. The van der Waals surface area contributed by atoms with E-state index in [1.165, 1.54) is 0 Å². The molecule has 136 valence electrons. The van der Waals surface area contributed by atoms with Gasteiger partial charge >= 0.3 is 0 Å². The van der Waals surface area contributed by atoms with Crippen LogP contribution < -0.4 is 4.90 Å². The van der Waals surface area contributed by atoms with Crippen LogP contribution in [0.3, 0.4) is 0 Å². The summed E-state index contributed by atoms with van der Waals surface area (Å²) in [6, 6.07) is 5.61. The third kappa shape index (κ3) is 3.84. The molecule has 0 atom stereocenters. The van der Waals surface area contributed by atoms with Gasteiger partial charge in [0.25, 0.3) is 0 Å². The van der Waals surface area contributed by atoms with Crippen LogP contribution in [0.1, 0.15) is 25.6 Å². The van der Waals surface area contributed by atoms with Crippen molar-refractivity contribution < 1.29 is 5.11 Å². The second-order valence-corrected chi connectivity index (χ2v) is 8.91. The fraction of sp³-hybridized carbons (Fsp3) is 0.412. The number of fused-ring (bicyclic) bond motifs is 1. The van der Waals surface area contributed by atoms with Crippen LogP contribution in [0.15, 0.2) is 18.2 Å².